The van der Waals surface area contributed by atoms with Crippen molar-refractivity contribution in [3.8, 4) is 12.3 Å². The first-order chi connectivity index (χ1) is 13.6. The quantitative estimate of drug-likeness (QED) is 0.432. The molecule has 0 atom stereocenters. The Balaban J connectivity index is 1.67. The minimum absolute atomic E-state index is 0.131. The lowest BCUT2D eigenvalue weighted by molar-refractivity contribution is -0.123. The Morgan fingerprint density at radius 2 is 1.86 bits per heavy atom. The molecule has 1 saturated heterocycles. The maximum atomic E-state index is 13.9. The molecular weight excluding hydrogens is 357 g/mol. The lowest BCUT2D eigenvalue weighted by Crippen LogP contribution is -2.30. The van der Waals surface area contributed by atoms with Crippen molar-refractivity contribution in [3.63, 3.8) is 0 Å². The summed E-state index contributed by atoms with van der Waals surface area (Å²) < 4.78 is 15.8. The zero-order valence-corrected chi connectivity index (χ0v) is 14.9. The summed E-state index contributed by atoms with van der Waals surface area (Å²) in [5.74, 6) is 1.64. The van der Waals surface area contributed by atoms with Crippen LogP contribution in [0.25, 0.3) is 17.0 Å². The van der Waals surface area contributed by atoms with Crippen LogP contribution in [0.3, 0.4) is 0 Å². The second-order valence-electron chi connectivity index (χ2n) is 6.40. The van der Waals surface area contributed by atoms with Gasteiger partial charge in [0.1, 0.15) is 11.5 Å². The summed E-state index contributed by atoms with van der Waals surface area (Å²) in [4.78, 5) is 26.0. The number of benzene rings is 2. The summed E-state index contributed by atoms with van der Waals surface area (Å²) in [7, 11) is 0. The van der Waals surface area contributed by atoms with E-state index in [1.165, 1.54) is 6.07 Å². The fraction of sp³-hybridized carbons (Fsp3) is 0.0909. The minimum Gasteiger partial charge on any atom is -0.335 e. The van der Waals surface area contributed by atoms with Gasteiger partial charge in [-0.25, -0.2) is 9.18 Å². The van der Waals surface area contributed by atoms with E-state index in [-0.39, 0.29) is 17.8 Å². The molecular formula is C22H16FN3O2. The monoisotopic (exact) mass is 373 g/mol. The maximum Gasteiger partial charge on any atom is 0.329 e. The number of hydrogen-bond donors (Lipinski definition) is 1. The van der Waals surface area contributed by atoms with Crippen molar-refractivity contribution < 1.29 is 14.0 Å². The summed E-state index contributed by atoms with van der Waals surface area (Å²) in [5, 5.41) is 3.49. The van der Waals surface area contributed by atoms with Gasteiger partial charge < -0.3 is 9.88 Å². The van der Waals surface area contributed by atoms with Gasteiger partial charge in [-0.3, -0.25) is 9.69 Å². The van der Waals surface area contributed by atoms with Crippen LogP contribution in [0.1, 0.15) is 11.1 Å². The molecule has 1 fully saturated rings. The molecule has 0 aliphatic carbocycles. The molecule has 6 heteroatoms. The molecule has 1 aliphatic heterocycles. The van der Waals surface area contributed by atoms with E-state index in [1.54, 1.807) is 24.3 Å². The van der Waals surface area contributed by atoms with Crippen LogP contribution >= 0.6 is 0 Å². The van der Waals surface area contributed by atoms with E-state index < -0.39 is 17.8 Å². The van der Waals surface area contributed by atoms with Gasteiger partial charge in [0, 0.05) is 28.2 Å². The Bertz CT molecular complexity index is 1170. The number of imide groups is 1. The number of terminal acetylenes is 1. The van der Waals surface area contributed by atoms with Crippen molar-refractivity contribution in [2.24, 2.45) is 0 Å². The third-order valence-electron chi connectivity index (χ3n) is 4.63. The molecule has 0 bridgehead atoms. The molecule has 138 valence electrons. The number of urea groups is 1. The fourth-order valence-corrected chi connectivity index (χ4v) is 3.29. The van der Waals surface area contributed by atoms with Crippen molar-refractivity contribution in [3.05, 3.63) is 77.4 Å². The topological polar surface area (TPSA) is 54.3 Å². The van der Waals surface area contributed by atoms with Crippen LogP contribution in [0, 0.1) is 18.2 Å². The zero-order valence-electron chi connectivity index (χ0n) is 14.9. The number of fused-ring (bicyclic) bond motifs is 1. The van der Waals surface area contributed by atoms with Crippen molar-refractivity contribution in [1.29, 1.82) is 0 Å². The Labute approximate surface area is 161 Å². The highest BCUT2D eigenvalue weighted by atomic mass is 19.1. The van der Waals surface area contributed by atoms with Gasteiger partial charge in [0.05, 0.1) is 13.1 Å². The average molecular weight is 373 g/mol. The SMILES string of the molecule is C#CCn1cc(/C=C2\NC(=O)N(Cc3ccccc3F)C2=O)c2ccccc21. The normalized spacial score (nSPS) is 15.3. The number of para-hydroxylation sites is 1. The molecule has 3 amide bonds. The van der Waals surface area contributed by atoms with E-state index in [0.29, 0.717) is 6.54 Å². The van der Waals surface area contributed by atoms with Gasteiger partial charge >= 0.3 is 6.03 Å². The Morgan fingerprint density at radius 3 is 2.64 bits per heavy atom. The second kappa shape index (κ2) is 7.05. The maximum absolute atomic E-state index is 13.9. The molecule has 0 unspecified atom stereocenters. The van der Waals surface area contributed by atoms with Crippen molar-refractivity contribution in [2.75, 3.05) is 0 Å². The number of nitrogens with one attached hydrogen (secondary N) is 1. The molecule has 1 aliphatic rings. The van der Waals surface area contributed by atoms with Crippen LogP contribution < -0.4 is 5.32 Å². The summed E-state index contributed by atoms with van der Waals surface area (Å²) in [6.07, 6.45) is 8.90. The highest BCUT2D eigenvalue weighted by Crippen LogP contribution is 2.25. The zero-order chi connectivity index (χ0) is 19.7. The Kier molecular flexibility index (Phi) is 4.42. The van der Waals surface area contributed by atoms with E-state index in [1.807, 2.05) is 35.0 Å². The first-order valence-corrected chi connectivity index (χ1v) is 8.68. The summed E-state index contributed by atoms with van der Waals surface area (Å²) in [5.41, 5.74) is 2.12. The van der Waals surface area contributed by atoms with Crippen molar-refractivity contribution in [1.82, 2.24) is 14.8 Å². The average Bonchev–Trinajstić information content (AvgIpc) is 3.16. The van der Waals surface area contributed by atoms with Gasteiger partial charge in [0.2, 0.25) is 0 Å². The molecule has 2 heterocycles. The fourth-order valence-electron chi connectivity index (χ4n) is 3.29. The number of amides is 3. The third kappa shape index (κ3) is 3.03. The predicted molar refractivity (Wildman–Crippen MR) is 104 cm³/mol. The number of aromatic nitrogens is 1. The van der Waals surface area contributed by atoms with Crippen molar-refractivity contribution >= 4 is 28.9 Å². The van der Waals surface area contributed by atoms with E-state index in [9.17, 15) is 14.0 Å². The molecule has 1 aromatic heterocycles. The first kappa shape index (κ1) is 17.6. The molecule has 0 saturated carbocycles. The molecule has 0 spiro atoms. The Morgan fingerprint density at radius 1 is 1.11 bits per heavy atom. The summed E-state index contributed by atoms with van der Waals surface area (Å²) in [6, 6.07) is 13.1. The summed E-state index contributed by atoms with van der Waals surface area (Å²) >= 11 is 0. The van der Waals surface area contributed by atoms with E-state index in [4.69, 9.17) is 6.42 Å². The van der Waals surface area contributed by atoms with E-state index in [0.717, 1.165) is 21.4 Å². The van der Waals surface area contributed by atoms with E-state index in [2.05, 4.69) is 11.2 Å². The molecule has 2 aromatic carbocycles. The van der Waals surface area contributed by atoms with Crippen LogP contribution in [0.5, 0.6) is 0 Å². The van der Waals surface area contributed by atoms with Gasteiger partial charge in [0.25, 0.3) is 5.91 Å². The highest BCUT2D eigenvalue weighted by molar-refractivity contribution is 6.14. The van der Waals surface area contributed by atoms with Crippen LogP contribution in [-0.4, -0.2) is 21.4 Å². The number of rotatable bonds is 4. The van der Waals surface area contributed by atoms with Crippen LogP contribution in [0.4, 0.5) is 9.18 Å². The highest BCUT2D eigenvalue weighted by Gasteiger charge is 2.34. The number of hydrogen-bond acceptors (Lipinski definition) is 2. The van der Waals surface area contributed by atoms with Gasteiger partial charge in [0.15, 0.2) is 0 Å². The molecule has 0 radical (unpaired) electrons. The van der Waals surface area contributed by atoms with Crippen LogP contribution in [0.2, 0.25) is 0 Å². The Hall–Kier alpha value is -3.85. The number of carbonyl (C=O) groups is 2. The van der Waals surface area contributed by atoms with Gasteiger partial charge in [-0.05, 0) is 18.2 Å². The molecule has 4 rings (SSSR count). The number of nitrogens with zero attached hydrogens (tertiary/aromatic N) is 2. The third-order valence-corrected chi connectivity index (χ3v) is 4.63. The molecule has 28 heavy (non-hydrogen) atoms. The standard InChI is InChI=1S/C22H16FN3O2/c1-2-11-25-13-16(17-8-4-6-10-20(17)25)12-19-21(27)26(22(28)24-19)14-15-7-3-5-9-18(15)23/h1,3-10,12-13H,11,14H2,(H,24,28)/b19-12-. The first-order valence-electron chi connectivity index (χ1n) is 8.68. The van der Waals surface area contributed by atoms with Gasteiger partial charge in [-0.1, -0.05) is 42.3 Å². The van der Waals surface area contributed by atoms with Gasteiger partial charge in [-0.15, -0.1) is 6.42 Å². The summed E-state index contributed by atoms with van der Waals surface area (Å²) in [6.45, 7) is 0.261. The molecule has 5 nitrogen and oxygen atoms in total. The lowest BCUT2D eigenvalue weighted by Gasteiger charge is -2.12. The van der Waals surface area contributed by atoms with E-state index >= 15 is 0 Å². The second-order valence-corrected chi connectivity index (χ2v) is 6.40. The lowest BCUT2D eigenvalue weighted by atomic mass is 10.1. The van der Waals surface area contributed by atoms with Crippen LogP contribution in [0.15, 0.2) is 60.4 Å². The number of halogens is 1. The molecule has 3 aromatic rings. The minimum atomic E-state index is -0.577. The predicted octanol–water partition coefficient (Wildman–Crippen LogP) is 3.51. The largest absolute Gasteiger partial charge is 0.335 e. The van der Waals surface area contributed by atoms with Crippen molar-refractivity contribution in [2.45, 2.75) is 13.1 Å². The van der Waals surface area contributed by atoms with Crippen LogP contribution in [-0.2, 0) is 17.9 Å². The molecule has 1 N–H and O–H groups in total. The smallest absolute Gasteiger partial charge is 0.329 e. The van der Waals surface area contributed by atoms with Gasteiger partial charge in [-0.2, -0.15) is 0 Å². The number of carbonyl (C=O) groups excluding carboxylic acids is 2.